The Bertz CT molecular complexity index is 1580. The quantitative estimate of drug-likeness (QED) is 0.216. The van der Waals surface area contributed by atoms with E-state index in [9.17, 15) is 9.59 Å². The number of carbonyl (C=O) groups excluding carboxylic acids is 2. The van der Waals surface area contributed by atoms with Gasteiger partial charge >= 0.3 is 5.97 Å². The summed E-state index contributed by atoms with van der Waals surface area (Å²) in [6.45, 7) is 11.6. The molecule has 7 heteroatoms. The molecular weight excluding hydrogens is 532 g/mol. The van der Waals surface area contributed by atoms with Crippen molar-refractivity contribution >= 4 is 39.1 Å². The summed E-state index contributed by atoms with van der Waals surface area (Å²) in [6.07, 6.45) is 3.62. The van der Waals surface area contributed by atoms with Crippen LogP contribution >= 0.6 is 11.3 Å². The predicted molar refractivity (Wildman–Crippen MR) is 166 cm³/mol. The molecule has 1 N–H and O–H groups in total. The van der Waals surface area contributed by atoms with Gasteiger partial charge in [-0.3, -0.25) is 4.79 Å². The van der Waals surface area contributed by atoms with E-state index in [1.54, 1.807) is 6.92 Å². The molecule has 0 saturated carbocycles. The number of aromatic nitrogens is 1. The zero-order valence-electron chi connectivity index (χ0n) is 24.5. The molecule has 1 atom stereocenters. The third-order valence-corrected chi connectivity index (χ3v) is 8.93. The highest BCUT2D eigenvalue weighted by molar-refractivity contribution is 7.17. The summed E-state index contributed by atoms with van der Waals surface area (Å²) in [4.78, 5) is 33.2. The molecule has 4 aromatic rings. The molecule has 41 heavy (non-hydrogen) atoms. The van der Waals surface area contributed by atoms with Crippen molar-refractivity contribution in [2.75, 3.05) is 18.5 Å². The minimum Gasteiger partial charge on any atom is -0.494 e. The Morgan fingerprint density at radius 1 is 1.07 bits per heavy atom. The molecule has 0 saturated heterocycles. The third-order valence-electron chi connectivity index (χ3n) is 7.76. The van der Waals surface area contributed by atoms with E-state index in [0.29, 0.717) is 34.3 Å². The second-order valence-corrected chi connectivity index (χ2v) is 12.7. The van der Waals surface area contributed by atoms with Crippen LogP contribution in [0.2, 0.25) is 0 Å². The highest BCUT2D eigenvalue weighted by Gasteiger charge is 2.34. The summed E-state index contributed by atoms with van der Waals surface area (Å²) in [7, 11) is 0. The minimum absolute atomic E-state index is 0.167. The SMILES string of the molecule is CCCOc1cccc(-c2cc(C(=O)Nc3sc4c(c3C(=O)OCC)CC[C@H](C(C)(C)C)C4)c3ccccc3n2)c1. The van der Waals surface area contributed by atoms with Crippen molar-refractivity contribution in [2.24, 2.45) is 11.3 Å². The monoisotopic (exact) mass is 570 g/mol. The molecule has 214 valence electrons. The molecule has 2 aromatic carbocycles. The zero-order valence-corrected chi connectivity index (χ0v) is 25.3. The first-order valence-corrected chi connectivity index (χ1v) is 15.3. The lowest BCUT2D eigenvalue weighted by atomic mass is 9.72. The lowest BCUT2D eigenvalue weighted by molar-refractivity contribution is 0.0526. The van der Waals surface area contributed by atoms with Crippen LogP contribution in [0.5, 0.6) is 5.75 Å². The molecule has 0 bridgehead atoms. The Labute approximate surface area is 246 Å². The number of carbonyl (C=O) groups is 2. The maximum absolute atomic E-state index is 14.0. The molecule has 0 aliphatic heterocycles. The standard InChI is InChI=1S/C34H38N2O4S/c1-6-17-40-23-12-10-11-21(18-23)28-20-26(24-13-8-9-14-27(24)35-28)31(37)36-32-30(33(38)39-7-2)25-16-15-22(34(3,4)5)19-29(25)41-32/h8-14,18,20,22H,6-7,15-17,19H2,1-5H3,(H,36,37)/t22-/m0/s1. The van der Waals surface area contributed by atoms with E-state index in [-0.39, 0.29) is 23.9 Å². The van der Waals surface area contributed by atoms with Crippen LogP contribution in [0.25, 0.3) is 22.2 Å². The summed E-state index contributed by atoms with van der Waals surface area (Å²) >= 11 is 1.51. The van der Waals surface area contributed by atoms with Gasteiger partial charge in [-0.25, -0.2) is 9.78 Å². The van der Waals surface area contributed by atoms with Crippen LogP contribution in [0.15, 0.2) is 54.6 Å². The summed E-state index contributed by atoms with van der Waals surface area (Å²) in [5.74, 6) is 0.622. The number of hydrogen-bond acceptors (Lipinski definition) is 6. The van der Waals surface area contributed by atoms with Crippen molar-refractivity contribution in [1.82, 2.24) is 4.98 Å². The Morgan fingerprint density at radius 2 is 1.88 bits per heavy atom. The number of pyridine rings is 1. The van der Waals surface area contributed by atoms with E-state index in [2.05, 4.69) is 33.0 Å². The van der Waals surface area contributed by atoms with Crippen molar-refractivity contribution in [3.05, 3.63) is 76.2 Å². The molecule has 6 nitrogen and oxygen atoms in total. The van der Waals surface area contributed by atoms with Crippen LogP contribution in [0.3, 0.4) is 0 Å². The van der Waals surface area contributed by atoms with Crippen LogP contribution in [0, 0.1) is 11.3 Å². The average molecular weight is 571 g/mol. The maximum Gasteiger partial charge on any atom is 0.341 e. The molecule has 1 amide bonds. The number of ether oxygens (including phenoxy) is 2. The van der Waals surface area contributed by atoms with E-state index in [1.807, 2.05) is 54.6 Å². The molecule has 5 rings (SSSR count). The van der Waals surface area contributed by atoms with Gasteiger partial charge in [0.1, 0.15) is 10.8 Å². The molecule has 1 aliphatic rings. The normalized spacial score (nSPS) is 14.9. The van der Waals surface area contributed by atoms with Gasteiger partial charge in [0.25, 0.3) is 5.91 Å². The van der Waals surface area contributed by atoms with Crippen LogP contribution < -0.4 is 10.1 Å². The molecule has 0 fully saturated rings. The third kappa shape index (κ3) is 6.15. The van der Waals surface area contributed by atoms with Crippen LogP contribution in [0.1, 0.15) is 78.6 Å². The van der Waals surface area contributed by atoms with Crippen molar-refractivity contribution in [3.8, 4) is 17.0 Å². The predicted octanol–water partition coefficient (Wildman–Crippen LogP) is 8.33. The first-order valence-electron chi connectivity index (χ1n) is 14.5. The molecule has 0 spiro atoms. The summed E-state index contributed by atoms with van der Waals surface area (Å²) in [5, 5.41) is 4.42. The molecular formula is C34H38N2O4S. The average Bonchev–Trinajstić information content (AvgIpc) is 3.32. The fourth-order valence-corrected chi connectivity index (χ4v) is 6.79. The number of amides is 1. The molecule has 0 unspecified atom stereocenters. The van der Waals surface area contributed by atoms with Gasteiger partial charge in [0.15, 0.2) is 0 Å². The van der Waals surface area contributed by atoms with Gasteiger partial charge in [-0.05, 0) is 73.8 Å². The highest BCUT2D eigenvalue weighted by Crippen LogP contribution is 2.44. The van der Waals surface area contributed by atoms with E-state index < -0.39 is 0 Å². The first-order chi connectivity index (χ1) is 19.7. The summed E-state index contributed by atoms with van der Waals surface area (Å²) in [6, 6.07) is 17.2. The lowest BCUT2D eigenvalue weighted by Crippen LogP contribution is -2.26. The van der Waals surface area contributed by atoms with Gasteiger partial charge in [0, 0.05) is 15.8 Å². The Kier molecular flexibility index (Phi) is 8.45. The second kappa shape index (κ2) is 12.0. The number of fused-ring (bicyclic) bond motifs is 2. The maximum atomic E-state index is 14.0. The largest absolute Gasteiger partial charge is 0.494 e. The number of para-hydroxylation sites is 1. The van der Waals surface area contributed by atoms with E-state index >= 15 is 0 Å². The molecule has 2 aromatic heterocycles. The zero-order chi connectivity index (χ0) is 29.1. The van der Waals surface area contributed by atoms with Gasteiger partial charge in [0.05, 0.1) is 35.6 Å². The lowest BCUT2D eigenvalue weighted by Gasteiger charge is -2.33. The van der Waals surface area contributed by atoms with Gasteiger partial charge in [-0.1, -0.05) is 58.0 Å². The number of hydrogen-bond donors (Lipinski definition) is 1. The number of benzene rings is 2. The number of nitrogens with zero attached hydrogens (tertiary/aromatic N) is 1. The van der Waals surface area contributed by atoms with E-state index in [0.717, 1.165) is 53.5 Å². The van der Waals surface area contributed by atoms with Crippen molar-refractivity contribution in [3.63, 3.8) is 0 Å². The molecule has 1 aliphatic carbocycles. The van der Waals surface area contributed by atoms with Crippen molar-refractivity contribution in [2.45, 2.75) is 60.3 Å². The van der Waals surface area contributed by atoms with Gasteiger partial charge in [0.2, 0.25) is 0 Å². The Balaban J connectivity index is 1.54. The second-order valence-electron chi connectivity index (χ2n) is 11.6. The van der Waals surface area contributed by atoms with Crippen molar-refractivity contribution in [1.29, 1.82) is 0 Å². The van der Waals surface area contributed by atoms with E-state index in [1.165, 1.54) is 16.2 Å². The van der Waals surface area contributed by atoms with Crippen molar-refractivity contribution < 1.29 is 19.1 Å². The molecule has 2 heterocycles. The fourth-order valence-electron chi connectivity index (χ4n) is 5.48. The number of nitrogens with one attached hydrogen (secondary N) is 1. The Hall–Kier alpha value is -3.71. The van der Waals surface area contributed by atoms with Crippen LogP contribution in [-0.2, 0) is 17.6 Å². The number of anilines is 1. The topological polar surface area (TPSA) is 77.5 Å². The smallest absolute Gasteiger partial charge is 0.341 e. The number of rotatable bonds is 8. The highest BCUT2D eigenvalue weighted by atomic mass is 32.1. The summed E-state index contributed by atoms with van der Waals surface area (Å²) in [5.41, 5.74) is 4.46. The van der Waals surface area contributed by atoms with Gasteiger partial charge in [-0.15, -0.1) is 11.3 Å². The fraction of sp³-hybridized carbons (Fsp3) is 0.382. The number of thiophene rings is 1. The number of esters is 1. The van der Waals surface area contributed by atoms with E-state index in [4.69, 9.17) is 14.5 Å². The van der Waals surface area contributed by atoms with Gasteiger partial charge in [-0.2, -0.15) is 0 Å². The molecule has 0 radical (unpaired) electrons. The minimum atomic E-state index is -0.376. The van der Waals surface area contributed by atoms with Crippen LogP contribution in [0.4, 0.5) is 5.00 Å². The summed E-state index contributed by atoms with van der Waals surface area (Å²) < 4.78 is 11.3. The Morgan fingerprint density at radius 3 is 2.63 bits per heavy atom. The van der Waals surface area contributed by atoms with Crippen LogP contribution in [-0.4, -0.2) is 30.1 Å². The van der Waals surface area contributed by atoms with Gasteiger partial charge < -0.3 is 14.8 Å². The first kappa shape index (κ1) is 28.8.